The van der Waals surface area contributed by atoms with Crippen LogP contribution in [0, 0.1) is 11.3 Å². The van der Waals surface area contributed by atoms with Crippen molar-refractivity contribution in [1.82, 2.24) is 15.1 Å². The molecule has 1 aliphatic heterocycles. The predicted octanol–water partition coefficient (Wildman–Crippen LogP) is 1.83. The van der Waals surface area contributed by atoms with E-state index in [-0.39, 0.29) is 5.54 Å². The lowest BCUT2D eigenvalue weighted by atomic mass is 9.97. The summed E-state index contributed by atoms with van der Waals surface area (Å²) in [6.45, 7) is 6.67. The Hall–Kier alpha value is -0.630. The first-order valence-corrected chi connectivity index (χ1v) is 8.05. The number of nitriles is 1. The van der Waals surface area contributed by atoms with Gasteiger partial charge in [0.05, 0.1) is 6.07 Å². The van der Waals surface area contributed by atoms with Crippen molar-refractivity contribution >= 4 is 0 Å². The average Bonchev–Trinajstić information content (AvgIpc) is 2.83. The molecule has 4 nitrogen and oxygen atoms in total. The lowest BCUT2D eigenvalue weighted by molar-refractivity contribution is 0.106. The van der Waals surface area contributed by atoms with Crippen LogP contribution in [0.3, 0.4) is 0 Å². The zero-order valence-electron chi connectivity index (χ0n) is 13.5. The van der Waals surface area contributed by atoms with Gasteiger partial charge in [0.25, 0.3) is 0 Å². The fourth-order valence-corrected chi connectivity index (χ4v) is 3.88. The van der Waals surface area contributed by atoms with Crippen LogP contribution in [0.5, 0.6) is 0 Å². The van der Waals surface area contributed by atoms with E-state index in [4.69, 9.17) is 0 Å². The van der Waals surface area contributed by atoms with E-state index in [0.29, 0.717) is 18.1 Å². The van der Waals surface area contributed by atoms with Gasteiger partial charge in [-0.15, -0.1) is 0 Å². The maximum absolute atomic E-state index is 9.57. The minimum absolute atomic E-state index is 0.293. The molecular formula is C16H30N4. The molecule has 0 aromatic heterocycles. The molecule has 20 heavy (non-hydrogen) atoms. The van der Waals surface area contributed by atoms with Crippen molar-refractivity contribution in [2.24, 2.45) is 0 Å². The smallest absolute Gasteiger partial charge is 0.108 e. The third-order valence-electron chi connectivity index (χ3n) is 5.11. The van der Waals surface area contributed by atoms with Crippen molar-refractivity contribution in [3.63, 3.8) is 0 Å². The number of nitrogens with zero attached hydrogens (tertiary/aromatic N) is 3. The Kier molecular flexibility index (Phi) is 5.06. The van der Waals surface area contributed by atoms with Crippen LogP contribution >= 0.6 is 0 Å². The topological polar surface area (TPSA) is 42.3 Å². The Morgan fingerprint density at radius 2 is 1.90 bits per heavy atom. The summed E-state index contributed by atoms with van der Waals surface area (Å²) in [5.41, 5.74) is -0.293. The van der Waals surface area contributed by atoms with Gasteiger partial charge >= 0.3 is 0 Å². The molecule has 2 unspecified atom stereocenters. The maximum Gasteiger partial charge on any atom is 0.108 e. The lowest BCUT2D eigenvalue weighted by Crippen LogP contribution is -2.49. The van der Waals surface area contributed by atoms with Gasteiger partial charge in [-0.3, -0.25) is 5.32 Å². The minimum atomic E-state index is -0.293. The summed E-state index contributed by atoms with van der Waals surface area (Å²) in [5.74, 6) is 0. The molecule has 2 rings (SSSR count). The van der Waals surface area contributed by atoms with Gasteiger partial charge in [-0.2, -0.15) is 5.26 Å². The molecule has 0 aromatic rings. The van der Waals surface area contributed by atoms with Gasteiger partial charge in [-0.25, -0.2) is 0 Å². The molecule has 0 amide bonds. The van der Waals surface area contributed by atoms with E-state index in [9.17, 15) is 5.26 Å². The molecule has 0 spiro atoms. The molecule has 4 heteroatoms. The highest BCUT2D eigenvalue weighted by Crippen LogP contribution is 2.34. The summed E-state index contributed by atoms with van der Waals surface area (Å²) in [6, 6.07) is 4.20. The summed E-state index contributed by atoms with van der Waals surface area (Å²) in [5, 5.41) is 13.1. The van der Waals surface area contributed by atoms with Gasteiger partial charge in [0, 0.05) is 18.1 Å². The SMILES string of the molecule is CC(C)NC1(C#N)CCC(N(C)C2CCN(C)CC2)C1. The van der Waals surface area contributed by atoms with E-state index in [1.807, 2.05) is 0 Å². The Bertz CT molecular complexity index is 354. The highest BCUT2D eigenvalue weighted by atomic mass is 15.2. The molecule has 1 saturated heterocycles. The van der Waals surface area contributed by atoms with Crippen molar-refractivity contribution in [1.29, 1.82) is 5.26 Å². The molecule has 1 saturated carbocycles. The fourth-order valence-electron chi connectivity index (χ4n) is 3.88. The lowest BCUT2D eigenvalue weighted by Gasteiger charge is -2.38. The third-order valence-corrected chi connectivity index (χ3v) is 5.11. The van der Waals surface area contributed by atoms with Crippen LogP contribution in [0.15, 0.2) is 0 Å². The summed E-state index contributed by atoms with van der Waals surface area (Å²) in [7, 11) is 4.47. The minimum Gasteiger partial charge on any atom is -0.306 e. The van der Waals surface area contributed by atoms with E-state index in [1.54, 1.807) is 0 Å². The van der Waals surface area contributed by atoms with Gasteiger partial charge in [-0.05, 0) is 73.1 Å². The fraction of sp³-hybridized carbons (Fsp3) is 0.938. The first-order chi connectivity index (χ1) is 9.46. The highest BCUT2D eigenvalue weighted by Gasteiger charge is 2.42. The average molecular weight is 278 g/mol. The van der Waals surface area contributed by atoms with Gasteiger partial charge in [0.2, 0.25) is 0 Å². The summed E-state index contributed by atoms with van der Waals surface area (Å²) < 4.78 is 0. The molecule has 0 radical (unpaired) electrons. The molecule has 1 N–H and O–H groups in total. The van der Waals surface area contributed by atoms with E-state index in [0.717, 1.165) is 19.3 Å². The van der Waals surface area contributed by atoms with Gasteiger partial charge < -0.3 is 9.80 Å². The molecule has 0 aromatic carbocycles. The Morgan fingerprint density at radius 1 is 1.25 bits per heavy atom. The molecule has 2 aliphatic rings. The number of hydrogen-bond donors (Lipinski definition) is 1. The Labute approximate surface area is 124 Å². The molecule has 0 bridgehead atoms. The van der Waals surface area contributed by atoms with Crippen LogP contribution < -0.4 is 5.32 Å². The zero-order valence-corrected chi connectivity index (χ0v) is 13.5. The van der Waals surface area contributed by atoms with Gasteiger partial charge in [0.1, 0.15) is 5.54 Å². The standard InChI is InChI=1S/C16H30N4/c1-13(2)18-16(12-17)8-5-15(11-16)20(4)14-6-9-19(3)10-7-14/h13-15,18H,5-11H2,1-4H3. The van der Waals surface area contributed by atoms with Gasteiger partial charge in [-0.1, -0.05) is 0 Å². The number of piperidine rings is 1. The molecule has 2 fully saturated rings. The Balaban J connectivity index is 1.93. The monoisotopic (exact) mass is 278 g/mol. The molecule has 2 atom stereocenters. The van der Waals surface area contributed by atoms with E-state index in [2.05, 4.69) is 49.1 Å². The molecule has 1 heterocycles. The number of hydrogen-bond acceptors (Lipinski definition) is 4. The van der Waals surface area contributed by atoms with Crippen molar-refractivity contribution < 1.29 is 0 Å². The second-order valence-corrected chi connectivity index (χ2v) is 7.09. The second kappa shape index (κ2) is 6.43. The first-order valence-electron chi connectivity index (χ1n) is 8.05. The van der Waals surface area contributed by atoms with E-state index in [1.165, 1.54) is 25.9 Å². The number of nitrogens with one attached hydrogen (secondary N) is 1. The quantitative estimate of drug-likeness (QED) is 0.852. The van der Waals surface area contributed by atoms with Crippen LogP contribution in [-0.2, 0) is 0 Å². The zero-order chi connectivity index (χ0) is 14.8. The summed E-state index contributed by atoms with van der Waals surface area (Å²) in [6.07, 6.45) is 5.64. The number of likely N-dealkylation sites (tertiary alicyclic amines) is 1. The normalized spacial score (nSPS) is 33.0. The third kappa shape index (κ3) is 3.52. The highest BCUT2D eigenvalue weighted by molar-refractivity contribution is 5.14. The van der Waals surface area contributed by atoms with E-state index >= 15 is 0 Å². The first kappa shape index (κ1) is 15.8. The predicted molar refractivity (Wildman–Crippen MR) is 82.5 cm³/mol. The van der Waals surface area contributed by atoms with Crippen LogP contribution in [0.4, 0.5) is 0 Å². The van der Waals surface area contributed by atoms with Crippen LogP contribution in [-0.4, -0.2) is 60.6 Å². The molecular weight excluding hydrogens is 248 g/mol. The van der Waals surface area contributed by atoms with Crippen LogP contribution in [0.25, 0.3) is 0 Å². The van der Waals surface area contributed by atoms with E-state index < -0.39 is 0 Å². The largest absolute Gasteiger partial charge is 0.306 e. The van der Waals surface area contributed by atoms with Crippen LogP contribution in [0.1, 0.15) is 46.0 Å². The van der Waals surface area contributed by atoms with Gasteiger partial charge in [0.15, 0.2) is 0 Å². The van der Waals surface area contributed by atoms with Crippen molar-refractivity contribution in [2.75, 3.05) is 27.2 Å². The summed E-state index contributed by atoms with van der Waals surface area (Å²) >= 11 is 0. The molecule has 1 aliphatic carbocycles. The Morgan fingerprint density at radius 3 is 2.45 bits per heavy atom. The van der Waals surface area contributed by atoms with Crippen molar-refractivity contribution in [3.05, 3.63) is 0 Å². The maximum atomic E-state index is 9.57. The summed E-state index contributed by atoms with van der Waals surface area (Å²) in [4.78, 5) is 4.98. The van der Waals surface area contributed by atoms with Crippen molar-refractivity contribution in [3.8, 4) is 6.07 Å². The number of rotatable bonds is 4. The van der Waals surface area contributed by atoms with Crippen LogP contribution in [0.2, 0.25) is 0 Å². The molecule has 114 valence electrons. The second-order valence-electron chi connectivity index (χ2n) is 7.09. The van der Waals surface area contributed by atoms with Crippen molar-refractivity contribution in [2.45, 2.75) is 69.6 Å².